The molecule has 2 N–H and O–H groups in total. The molecule has 0 aromatic heterocycles. The van der Waals surface area contributed by atoms with Crippen molar-refractivity contribution < 1.29 is 24.2 Å². The molecule has 3 atom stereocenters. The molecule has 0 radical (unpaired) electrons. The van der Waals surface area contributed by atoms with Crippen LogP contribution in [0.3, 0.4) is 0 Å². The number of alkyl carbamates (subject to hydrolysis) is 1. The van der Waals surface area contributed by atoms with Gasteiger partial charge in [0, 0.05) is 12.5 Å². The Labute approximate surface area is 200 Å². The van der Waals surface area contributed by atoms with E-state index in [4.69, 9.17) is 4.74 Å². The Morgan fingerprint density at radius 3 is 2.26 bits per heavy atom. The number of aliphatic carboxylic acids is 1. The van der Waals surface area contributed by atoms with Crippen LogP contribution >= 0.6 is 0 Å². The summed E-state index contributed by atoms with van der Waals surface area (Å²) in [5, 5.41) is 12.3. The molecule has 2 unspecified atom stereocenters. The predicted molar refractivity (Wildman–Crippen MR) is 128 cm³/mol. The van der Waals surface area contributed by atoms with Crippen molar-refractivity contribution in [3.05, 3.63) is 59.7 Å². The van der Waals surface area contributed by atoms with Crippen LogP contribution < -0.4 is 5.32 Å². The number of rotatable bonds is 7. The fourth-order valence-electron chi connectivity index (χ4n) is 5.08. The first kappa shape index (κ1) is 23.8. The summed E-state index contributed by atoms with van der Waals surface area (Å²) in [5.74, 6) is -1.59. The fraction of sp³-hybridized carbons (Fsp3) is 0.444. The van der Waals surface area contributed by atoms with Gasteiger partial charge >= 0.3 is 12.1 Å². The van der Waals surface area contributed by atoms with Gasteiger partial charge < -0.3 is 20.1 Å². The van der Waals surface area contributed by atoms with E-state index in [1.165, 1.54) is 4.90 Å². The van der Waals surface area contributed by atoms with Crippen molar-refractivity contribution >= 4 is 18.0 Å². The minimum absolute atomic E-state index is 0.0746. The van der Waals surface area contributed by atoms with Crippen molar-refractivity contribution in [2.24, 2.45) is 5.92 Å². The van der Waals surface area contributed by atoms with Crippen molar-refractivity contribution in [1.29, 1.82) is 0 Å². The summed E-state index contributed by atoms with van der Waals surface area (Å²) < 4.78 is 5.64. The molecule has 0 saturated carbocycles. The lowest BCUT2D eigenvalue weighted by Gasteiger charge is -2.36. The van der Waals surface area contributed by atoms with Gasteiger partial charge in [0.1, 0.15) is 18.7 Å². The van der Waals surface area contributed by atoms with Crippen molar-refractivity contribution in [2.75, 3.05) is 13.2 Å². The first-order chi connectivity index (χ1) is 16.4. The van der Waals surface area contributed by atoms with Crippen LogP contribution in [0.25, 0.3) is 11.1 Å². The van der Waals surface area contributed by atoms with E-state index < -0.39 is 24.1 Å². The second-order valence-electron chi connectivity index (χ2n) is 9.21. The molecule has 180 valence electrons. The Bertz CT molecular complexity index is 1020. The first-order valence-electron chi connectivity index (χ1n) is 12.1. The Morgan fingerprint density at radius 1 is 1.06 bits per heavy atom. The number of carboxylic acids is 1. The zero-order valence-electron chi connectivity index (χ0n) is 19.7. The van der Waals surface area contributed by atoms with Crippen LogP contribution in [0.5, 0.6) is 0 Å². The van der Waals surface area contributed by atoms with Crippen molar-refractivity contribution in [3.63, 3.8) is 0 Å². The lowest BCUT2D eigenvalue weighted by Crippen LogP contribution is -2.57. The number of carboxylic acid groups (broad SMARTS) is 1. The van der Waals surface area contributed by atoms with Gasteiger partial charge in [-0.2, -0.15) is 0 Å². The van der Waals surface area contributed by atoms with Gasteiger partial charge in [0.2, 0.25) is 5.91 Å². The van der Waals surface area contributed by atoms with E-state index in [9.17, 15) is 19.5 Å². The third kappa shape index (κ3) is 4.65. The van der Waals surface area contributed by atoms with Crippen LogP contribution in [0.4, 0.5) is 4.79 Å². The first-order valence-corrected chi connectivity index (χ1v) is 12.1. The fourth-order valence-corrected chi connectivity index (χ4v) is 5.08. The second-order valence-corrected chi connectivity index (χ2v) is 9.21. The van der Waals surface area contributed by atoms with Crippen molar-refractivity contribution in [2.45, 2.75) is 57.5 Å². The number of benzene rings is 2. The summed E-state index contributed by atoms with van der Waals surface area (Å²) in [6.45, 7) is 4.36. The van der Waals surface area contributed by atoms with E-state index >= 15 is 0 Å². The van der Waals surface area contributed by atoms with Gasteiger partial charge in [-0.3, -0.25) is 4.79 Å². The summed E-state index contributed by atoms with van der Waals surface area (Å²) >= 11 is 0. The summed E-state index contributed by atoms with van der Waals surface area (Å²) in [5.41, 5.74) is 4.52. The molecule has 2 aliphatic rings. The predicted octanol–water partition coefficient (Wildman–Crippen LogP) is 4.41. The molecule has 2 amide bonds. The number of hydrogen-bond acceptors (Lipinski definition) is 4. The number of nitrogens with zero attached hydrogens (tertiary/aromatic N) is 1. The van der Waals surface area contributed by atoms with Crippen LogP contribution in [0.2, 0.25) is 0 Å². The SMILES string of the molecule is CCC(C)C(NC(=O)OCC1c2ccccc2-c2ccccc21)C(=O)N1CCCC[C@H]1C(=O)O. The Balaban J connectivity index is 1.46. The van der Waals surface area contributed by atoms with Crippen LogP contribution in [0, 0.1) is 5.92 Å². The molecule has 2 aromatic rings. The Hall–Kier alpha value is -3.35. The highest BCUT2D eigenvalue weighted by molar-refractivity contribution is 5.89. The second kappa shape index (κ2) is 10.3. The molecule has 34 heavy (non-hydrogen) atoms. The number of amides is 2. The van der Waals surface area contributed by atoms with Gasteiger partial charge in [0.25, 0.3) is 0 Å². The molecule has 2 aromatic carbocycles. The minimum atomic E-state index is -1.00. The molecule has 1 heterocycles. The van der Waals surface area contributed by atoms with Gasteiger partial charge in [-0.05, 0) is 47.4 Å². The monoisotopic (exact) mass is 464 g/mol. The highest BCUT2D eigenvalue weighted by atomic mass is 16.5. The third-order valence-corrected chi connectivity index (χ3v) is 7.17. The normalized spacial score (nSPS) is 19.0. The van der Waals surface area contributed by atoms with Gasteiger partial charge in [-0.1, -0.05) is 68.8 Å². The van der Waals surface area contributed by atoms with Gasteiger partial charge in [-0.25, -0.2) is 9.59 Å². The Kier molecular flexibility index (Phi) is 7.20. The molecule has 0 spiro atoms. The summed E-state index contributed by atoms with van der Waals surface area (Å²) in [6.07, 6.45) is 1.96. The molecule has 1 aliphatic heterocycles. The molecule has 7 nitrogen and oxygen atoms in total. The van der Waals surface area contributed by atoms with E-state index in [1.54, 1.807) is 0 Å². The molecule has 1 saturated heterocycles. The molecular weight excluding hydrogens is 432 g/mol. The average Bonchev–Trinajstić information content (AvgIpc) is 3.18. The largest absolute Gasteiger partial charge is 0.480 e. The van der Waals surface area contributed by atoms with Gasteiger partial charge in [-0.15, -0.1) is 0 Å². The molecule has 4 rings (SSSR count). The van der Waals surface area contributed by atoms with Crippen LogP contribution in [-0.2, 0) is 14.3 Å². The summed E-state index contributed by atoms with van der Waals surface area (Å²) in [7, 11) is 0. The van der Waals surface area contributed by atoms with E-state index in [2.05, 4.69) is 29.6 Å². The number of nitrogens with one attached hydrogen (secondary N) is 1. The Morgan fingerprint density at radius 2 is 1.68 bits per heavy atom. The number of carbonyl (C=O) groups excluding carboxylic acids is 2. The average molecular weight is 465 g/mol. The highest BCUT2D eigenvalue weighted by Gasteiger charge is 2.38. The quantitative estimate of drug-likeness (QED) is 0.633. The molecular formula is C27H32N2O5. The maximum absolute atomic E-state index is 13.3. The van der Waals surface area contributed by atoms with Gasteiger partial charge in [0.05, 0.1) is 0 Å². The number of ether oxygens (including phenoxy) is 1. The smallest absolute Gasteiger partial charge is 0.407 e. The lowest BCUT2D eigenvalue weighted by molar-refractivity contribution is -0.153. The lowest BCUT2D eigenvalue weighted by atomic mass is 9.95. The molecule has 7 heteroatoms. The van der Waals surface area contributed by atoms with Crippen LogP contribution in [-0.4, -0.2) is 53.2 Å². The van der Waals surface area contributed by atoms with Crippen LogP contribution in [0.15, 0.2) is 48.5 Å². The zero-order chi connectivity index (χ0) is 24.2. The maximum atomic E-state index is 13.3. The number of likely N-dealkylation sites (tertiary alicyclic amines) is 1. The minimum Gasteiger partial charge on any atom is -0.480 e. The highest BCUT2D eigenvalue weighted by Crippen LogP contribution is 2.44. The topological polar surface area (TPSA) is 95.9 Å². The zero-order valence-corrected chi connectivity index (χ0v) is 19.7. The molecule has 1 aliphatic carbocycles. The summed E-state index contributed by atoms with van der Waals surface area (Å²) in [6, 6.07) is 14.5. The van der Waals surface area contributed by atoms with Crippen molar-refractivity contribution in [1.82, 2.24) is 10.2 Å². The van der Waals surface area contributed by atoms with E-state index in [0.717, 1.165) is 35.1 Å². The summed E-state index contributed by atoms with van der Waals surface area (Å²) in [4.78, 5) is 39.3. The van der Waals surface area contributed by atoms with E-state index in [0.29, 0.717) is 19.4 Å². The molecule has 0 bridgehead atoms. The number of hydrogen-bond donors (Lipinski definition) is 2. The third-order valence-electron chi connectivity index (χ3n) is 7.17. The van der Waals surface area contributed by atoms with Crippen LogP contribution in [0.1, 0.15) is 56.6 Å². The number of carbonyl (C=O) groups is 3. The van der Waals surface area contributed by atoms with E-state index in [-0.39, 0.29) is 24.3 Å². The van der Waals surface area contributed by atoms with E-state index in [1.807, 2.05) is 38.1 Å². The van der Waals surface area contributed by atoms with Crippen molar-refractivity contribution in [3.8, 4) is 11.1 Å². The van der Waals surface area contributed by atoms with Gasteiger partial charge in [0.15, 0.2) is 0 Å². The number of fused-ring (bicyclic) bond motifs is 3. The number of piperidine rings is 1. The standard InChI is InChI=1S/C27H32N2O5/c1-3-17(2)24(25(30)29-15-9-8-14-23(29)26(31)32)28-27(33)34-16-22-20-12-6-4-10-18(20)19-11-5-7-13-21(19)22/h4-7,10-13,17,22-24H,3,8-9,14-16H2,1-2H3,(H,28,33)(H,31,32)/t17?,23-,24?/m0/s1. The maximum Gasteiger partial charge on any atom is 0.407 e. The molecule has 1 fully saturated rings.